The lowest BCUT2D eigenvalue weighted by molar-refractivity contribution is 0.247. The normalized spacial score (nSPS) is 14.3. The van der Waals surface area contributed by atoms with Gasteiger partial charge in [0, 0.05) is 23.9 Å². The van der Waals surface area contributed by atoms with Crippen molar-refractivity contribution in [1.29, 1.82) is 0 Å². The van der Waals surface area contributed by atoms with Crippen LogP contribution in [0.25, 0.3) is 0 Å². The number of nitrogens with one attached hydrogen (secondary N) is 2. The molecule has 2 aromatic rings. The maximum Gasteiger partial charge on any atom is 0.319 e. The fourth-order valence-electron chi connectivity index (χ4n) is 2.90. The van der Waals surface area contributed by atoms with E-state index < -0.39 is 0 Å². The first kappa shape index (κ1) is 17.9. The highest BCUT2D eigenvalue weighted by molar-refractivity contribution is 5.90. The fourth-order valence-corrected chi connectivity index (χ4v) is 2.90. The second kappa shape index (κ2) is 7.99. The average molecular weight is 356 g/mol. The minimum atomic E-state index is -0.256. The van der Waals surface area contributed by atoms with Crippen LogP contribution in [0.3, 0.4) is 0 Å². The molecular weight excluding hydrogens is 332 g/mol. The number of methoxy groups -OCH3 is 3. The number of anilines is 1. The number of hydrogen-bond acceptors (Lipinski definition) is 4. The van der Waals surface area contributed by atoms with Gasteiger partial charge in [-0.05, 0) is 36.5 Å². The summed E-state index contributed by atoms with van der Waals surface area (Å²) in [6.07, 6.45) is 2.23. The van der Waals surface area contributed by atoms with E-state index in [1.54, 1.807) is 39.5 Å². The molecule has 0 aromatic heterocycles. The van der Waals surface area contributed by atoms with Crippen molar-refractivity contribution in [3.8, 4) is 17.2 Å². The SMILES string of the molecule is COc1ccc(C(NC(=O)Nc2cc(OC)cc(OC)c2)C2CC2)cc1. The summed E-state index contributed by atoms with van der Waals surface area (Å²) in [5.74, 6) is 2.51. The van der Waals surface area contributed by atoms with Crippen LogP contribution in [0.1, 0.15) is 24.4 Å². The first-order valence-electron chi connectivity index (χ1n) is 8.57. The molecule has 3 rings (SSSR count). The van der Waals surface area contributed by atoms with E-state index in [4.69, 9.17) is 14.2 Å². The zero-order valence-corrected chi connectivity index (χ0v) is 15.2. The Morgan fingerprint density at radius 3 is 2.00 bits per heavy atom. The average Bonchev–Trinajstić information content (AvgIpc) is 3.51. The minimum Gasteiger partial charge on any atom is -0.497 e. The second-order valence-electron chi connectivity index (χ2n) is 6.29. The maximum absolute atomic E-state index is 12.5. The highest BCUT2D eigenvalue weighted by atomic mass is 16.5. The predicted molar refractivity (Wildman–Crippen MR) is 100 cm³/mol. The van der Waals surface area contributed by atoms with Crippen LogP contribution in [0.2, 0.25) is 0 Å². The molecule has 1 fully saturated rings. The summed E-state index contributed by atoms with van der Waals surface area (Å²) in [5.41, 5.74) is 1.69. The van der Waals surface area contributed by atoms with Gasteiger partial charge in [-0.25, -0.2) is 4.79 Å². The van der Waals surface area contributed by atoms with Gasteiger partial charge in [0.1, 0.15) is 17.2 Å². The molecule has 2 aromatic carbocycles. The van der Waals surface area contributed by atoms with Crippen molar-refractivity contribution in [1.82, 2.24) is 5.32 Å². The molecule has 1 aliphatic carbocycles. The van der Waals surface area contributed by atoms with Gasteiger partial charge in [-0.2, -0.15) is 0 Å². The number of hydrogen-bond donors (Lipinski definition) is 2. The van der Waals surface area contributed by atoms with Gasteiger partial charge in [0.15, 0.2) is 0 Å². The molecule has 0 heterocycles. The van der Waals surface area contributed by atoms with Gasteiger partial charge in [0.25, 0.3) is 0 Å². The van der Waals surface area contributed by atoms with E-state index in [9.17, 15) is 4.79 Å². The minimum absolute atomic E-state index is 0.0200. The van der Waals surface area contributed by atoms with Gasteiger partial charge in [0.2, 0.25) is 0 Å². The fraction of sp³-hybridized carbons (Fsp3) is 0.350. The summed E-state index contributed by atoms with van der Waals surface area (Å²) in [5, 5.41) is 5.95. The third kappa shape index (κ3) is 4.39. The standard InChI is InChI=1S/C20H24N2O4/c1-24-16-8-6-14(7-9-16)19(13-4-5-13)22-20(23)21-15-10-17(25-2)12-18(11-15)26-3/h6-13,19H,4-5H2,1-3H3,(H2,21,22,23). The molecule has 0 radical (unpaired) electrons. The van der Waals surface area contributed by atoms with Gasteiger partial charge >= 0.3 is 6.03 Å². The Morgan fingerprint density at radius 1 is 0.923 bits per heavy atom. The van der Waals surface area contributed by atoms with E-state index >= 15 is 0 Å². The summed E-state index contributed by atoms with van der Waals surface area (Å²) in [6.45, 7) is 0. The molecule has 1 atom stereocenters. The maximum atomic E-state index is 12.5. The molecule has 0 spiro atoms. The van der Waals surface area contributed by atoms with Gasteiger partial charge in [-0.15, -0.1) is 0 Å². The Hall–Kier alpha value is -2.89. The summed E-state index contributed by atoms with van der Waals surface area (Å²) >= 11 is 0. The Labute approximate surface area is 153 Å². The van der Waals surface area contributed by atoms with Crippen molar-refractivity contribution in [2.24, 2.45) is 5.92 Å². The molecule has 0 aliphatic heterocycles. The van der Waals surface area contributed by atoms with E-state index in [1.807, 2.05) is 24.3 Å². The molecular formula is C20H24N2O4. The number of benzene rings is 2. The van der Waals surface area contributed by atoms with Crippen molar-refractivity contribution < 1.29 is 19.0 Å². The van der Waals surface area contributed by atoms with Crippen LogP contribution >= 0.6 is 0 Å². The lowest BCUT2D eigenvalue weighted by Crippen LogP contribution is -2.33. The Morgan fingerprint density at radius 2 is 1.50 bits per heavy atom. The van der Waals surface area contributed by atoms with Crippen LogP contribution in [0, 0.1) is 5.92 Å². The number of urea groups is 1. The number of rotatable bonds is 7. The quantitative estimate of drug-likeness (QED) is 0.787. The van der Waals surface area contributed by atoms with E-state index in [0.29, 0.717) is 23.1 Å². The van der Waals surface area contributed by atoms with Crippen molar-refractivity contribution in [3.05, 3.63) is 48.0 Å². The number of carbonyl (C=O) groups excluding carboxylic acids is 1. The molecule has 26 heavy (non-hydrogen) atoms. The first-order valence-corrected chi connectivity index (χ1v) is 8.57. The predicted octanol–water partition coefficient (Wildman–Crippen LogP) is 3.99. The van der Waals surface area contributed by atoms with Crippen LogP contribution in [0.15, 0.2) is 42.5 Å². The van der Waals surface area contributed by atoms with Crippen molar-refractivity contribution in [2.45, 2.75) is 18.9 Å². The summed E-state index contributed by atoms with van der Waals surface area (Å²) in [7, 11) is 4.79. The molecule has 6 nitrogen and oxygen atoms in total. The Balaban J connectivity index is 1.70. The molecule has 2 amide bonds. The number of amides is 2. The van der Waals surface area contributed by atoms with Crippen LogP contribution in [0.4, 0.5) is 10.5 Å². The summed E-state index contributed by atoms with van der Waals surface area (Å²) < 4.78 is 15.7. The lowest BCUT2D eigenvalue weighted by atomic mass is 10.0. The smallest absolute Gasteiger partial charge is 0.319 e. The number of carbonyl (C=O) groups is 1. The molecule has 2 N–H and O–H groups in total. The van der Waals surface area contributed by atoms with Crippen LogP contribution in [-0.4, -0.2) is 27.4 Å². The van der Waals surface area contributed by atoms with Crippen LogP contribution < -0.4 is 24.8 Å². The van der Waals surface area contributed by atoms with Gasteiger partial charge < -0.3 is 24.8 Å². The monoisotopic (exact) mass is 356 g/mol. The van der Waals surface area contributed by atoms with E-state index in [-0.39, 0.29) is 12.1 Å². The third-order valence-corrected chi connectivity index (χ3v) is 4.46. The summed E-state index contributed by atoms with van der Waals surface area (Å²) in [4.78, 5) is 12.5. The van der Waals surface area contributed by atoms with Gasteiger partial charge in [-0.3, -0.25) is 0 Å². The highest BCUT2D eigenvalue weighted by Crippen LogP contribution is 2.41. The zero-order chi connectivity index (χ0) is 18.5. The second-order valence-corrected chi connectivity index (χ2v) is 6.29. The van der Waals surface area contributed by atoms with E-state index in [2.05, 4.69) is 10.6 Å². The Kier molecular flexibility index (Phi) is 5.51. The van der Waals surface area contributed by atoms with Gasteiger partial charge in [-0.1, -0.05) is 12.1 Å². The summed E-state index contributed by atoms with van der Waals surface area (Å²) in [6, 6.07) is 12.8. The molecule has 1 aliphatic rings. The van der Waals surface area contributed by atoms with Crippen molar-refractivity contribution in [2.75, 3.05) is 26.6 Å². The molecule has 138 valence electrons. The van der Waals surface area contributed by atoms with Gasteiger partial charge in [0.05, 0.1) is 27.4 Å². The zero-order valence-electron chi connectivity index (χ0n) is 15.2. The highest BCUT2D eigenvalue weighted by Gasteiger charge is 2.33. The largest absolute Gasteiger partial charge is 0.497 e. The van der Waals surface area contributed by atoms with Crippen molar-refractivity contribution >= 4 is 11.7 Å². The van der Waals surface area contributed by atoms with Crippen LogP contribution in [0.5, 0.6) is 17.2 Å². The van der Waals surface area contributed by atoms with Crippen LogP contribution in [-0.2, 0) is 0 Å². The molecule has 1 saturated carbocycles. The molecule has 0 bridgehead atoms. The molecule has 1 unspecified atom stereocenters. The van der Waals surface area contributed by atoms with E-state index in [1.165, 1.54) is 0 Å². The van der Waals surface area contributed by atoms with E-state index in [0.717, 1.165) is 24.2 Å². The number of ether oxygens (including phenoxy) is 3. The molecule has 0 saturated heterocycles. The third-order valence-electron chi connectivity index (χ3n) is 4.46. The first-order chi connectivity index (χ1) is 12.6. The Bertz CT molecular complexity index is 735. The van der Waals surface area contributed by atoms with Crippen molar-refractivity contribution in [3.63, 3.8) is 0 Å². The lowest BCUT2D eigenvalue weighted by Gasteiger charge is -2.20. The molecule has 6 heteroatoms. The topological polar surface area (TPSA) is 68.8 Å².